The Morgan fingerprint density at radius 2 is 1.94 bits per heavy atom. The Labute approximate surface area is 185 Å². The Hall–Kier alpha value is -3.28. The number of aliphatic hydroxyl groups is 1. The number of aliphatic hydroxyl groups excluding tert-OH is 1. The van der Waals surface area contributed by atoms with Crippen LogP contribution in [0.15, 0.2) is 59.5 Å². The molecular weight excluding hydrogens is 392 g/mol. The lowest BCUT2D eigenvalue weighted by molar-refractivity contribution is -0.104. The molecule has 0 aliphatic rings. The highest BCUT2D eigenvalue weighted by molar-refractivity contribution is 5.80. The molecule has 0 amide bonds. The molecule has 0 aliphatic carbocycles. The zero-order valence-corrected chi connectivity index (χ0v) is 19.2. The largest absolute Gasteiger partial charge is 0.513 e. The summed E-state index contributed by atoms with van der Waals surface area (Å²) < 4.78 is 10.9. The van der Waals surface area contributed by atoms with Gasteiger partial charge in [-0.1, -0.05) is 37.7 Å². The fourth-order valence-electron chi connectivity index (χ4n) is 2.96. The van der Waals surface area contributed by atoms with Crippen LogP contribution < -0.4 is 4.74 Å². The van der Waals surface area contributed by atoms with Crippen LogP contribution in [0.5, 0.6) is 5.75 Å². The van der Waals surface area contributed by atoms with Gasteiger partial charge in [0.05, 0.1) is 18.1 Å². The Morgan fingerprint density at radius 1 is 1.26 bits per heavy atom. The molecule has 0 bridgehead atoms. The minimum atomic E-state index is 0.180. The number of carbonyl (C=O) groups is 1. The van der Waals surface area contributed by atoms with E-state index in [1.165, 1.54) is 6.08 Å². The molecule has 2 aromatic rings. The van der Waals surface area contributed by atoms with Gasteiger partial charge in [0.1, 0.15) is 17.8 Å². The first-order chi connectivity index (χ1) is 14.9. The SMILES string of the molecule is C=C(O)CCCOc1ccc(CN(C)/C=C(\C=C/C=O)c2c(C)noc2C)cc1.CC. The van der Waals surface area contributed by atoms with Gasteiger partial charge in [-0.3, -0.25) is 4.79 Å². The summed E-state index contributed by atoms with van der Waals surface area (Å²) in [5.41, 5.74) is 3.66. The van der Waals surface area contributed by atoms with E-state index in [1.807, 2.05) is 70.1 Å². The van der Waals surface area contributed by atoms with Crippen molar-refractivity contribution in [1.82, 2.24) is 10.1 Å². The molecule has 0 saturated carbocycles. The molecule has 2 rings (SSSR count). The van der Waals surface area contributed by atoms with Crippen molar-refractivity contribution in [3.63, 3.8) is 0 Å². The molecule has 31 heavy (non-hydrogen) atoms. The molecule has 0 saturated heterocycles. The fraction of sp³-hybridized carbons (Fsp3) is 0.360. The fourth-order valence-corrected chi connectivity index (χ4v) is 2.96. The second-order valence-electron chi connectivity index (χ2n) is 6.86. The van der Waals surface area contributed by atoms with Crippen molar-refractivity contribution < 1.29 is 19.2 Å². The first kappa shape index (κ1) is 25.8. The van der Waals surface area contributed by atoms with Gasteiger partial charge in [0.2, 0.25) is 0 Å². The standard InChI is InChI=1S/C23H28N2O4.C2H6/c1-17(27)7-6-14-28-22-11-9-20(10-12-22)15-25(4)16-21(8-5-13-26)23-18(2)24-29-19(23)3;1-2/h5,8-13,16,27H,1,6-7,14-15H2,2-4H3;1-2H3/b8-5-,21-16+;. The molecule has 1 N–H and O–H groups in total. The molecule has 0 spiro atoms. The van der Waals surface area contributed by atoms with E-state index in [1.54, 1.807) is 6.08 Å². The first-order valence-electron chi connectivity index (χ1n) is 10.5. The highest BCUT2D eigenvalue weighted by atomic mass is 16.5. The molecule has 1 aromatic carbocycles. The summed E-state index contributed by atoms with van der Waals surface area (Å²) in [6, 6.07) is 7.90. The number of carbonyl (C=O) groups excluding carboxylic acids is 1. The third-order valence-corrected chi connectivity index (χ3v) is 4.27. The second-order valence-corrected chi connectivity index (χ2v) is 6.86. The predicted molar refractivity (Wildman–Crippen MR) is 125 cm³/mol. The molecule has 0 aliphatic heterocycles. The molecule has 1 heterocycles. The van der Waals surface area contributed by atoms with Gasteiger partial charge in [-0.05, 0) is 50.1 Å². The second kappa shape index (κ2) is 13.9. The maximum Gasteiger partial charge on any atom is 0.142 e. The summed E-state index contributed by atoms with van der Waals surface area (Å²) >= 11 is 0. The summed E-state index contributed by atoms with van der Waals surface area (Å²) in [4.78, 5) is 12.8. The molecule has 0 radical (unpaired) electrons. The third kappa shape index (κ3) is 8.95. The predicted octanol–water partition coefficient (Wildman–Crippen LogP) is 5.78. The van der Waals surface area contributed by atoms with E-state index in [2.05, 4.69) is 11.7 Å². The molecule has 168 valence electrons. The van der Waals surface area contributed by atoms with Crippen molar-refractivity contribution in [3.05, 3.63) is 77.5 Å². The van der Waals surface area contributed by atoms with Crippen LogP contribution in [0.3, 0.4) is 0 Å². The maximum atomic E-state index is 10.8. The molecule has 6 heteroatoms. The van der Waals surface area contributed by atoms with E-state index < -0.39 is 0 Å². The molecule has 0 fully saturated rings. The smallest absolute Gasteiger partial charge is 0.142 e. The van der Waals surface area contributed by atoms with Crippen LogP contribution in [0.1, 0.15) is 49.3 Å². The average Bonchev–Trinajstić information content (AvgIpc) is 3.09. The van der Waals surface area contributed by atoms with E-state index in [9.17, 15) is 4.79 Å². The Bertz CT molecular complexity index is 860. The van der Waals surface area contributed by atoms with Crippen LogP contribution in [0.25, 0.3) is 5.57 Å². The van der Waals surface area contributed by atoms with Crippen LogP contribution in [-0.4, -0.2) is 35.1 Å². The van der Waals surface area contributed by atoms with Crippen LogP contribution in [0.4, 0.5) is 0 Å². The molecular formula is C25H34N2O4. The summed E-state index contributed by atoms with van der Waals surface area (Å²) in [6.45, 7) is 12.4. The summed E-state index contributed by atoms with van der Waals surface area (Å²) in [7, 11) is 1.97. The molecule has 0 unspecified atom stereocenters. The minimum Gasteiger partial charge on any atom is -0.513 e. The van der Waals surface area contributed by atoms with Gasteiger partial charge in [-0.15, -0.1) is 0 Å². The van der Waals surface area contributed by atoms with Crippen LogP contribution >= 0.6 is 0 Å². The summed E-state index contributed by atoms with van der Waals surface area (Å²) in [5.74, 6) is 1.68. The molecule has 1 aromatic heterocycles. The Morgan fingerprint density at radius 3 is 2.48 bits per heavy atom. The van der Waals surface area contributed by atoms with Crippen molar-refractivity contribution >= 4 is 11.9 Å². The van der Waals surface area contributed by atoms with Gasteiger partial charge in [0.25, 0.3) is 0 Å². The number of benzene rings is 1. The average molecular weight is 427 g/mol. The lowest BCUT2D eigenvalue weighted by Crippen LogP contribution is -2.11. The lowest BCUT2D eigenvalue weighted by Gasteiger charge is -2.16. The van der Waals surface area contributed by atoms with Crippen molar-refractivity contribution in [1.29, 1.82) is 0 Å². The lowest BCUT2D eigenvalue weighted by atomic mass is 10.0. The number of rotatable bonds is 11. The molecule has 6 nitrogen and oxygen atoms in total. The number of aromatic nitrogens is 1. The van der Waals surface area contributed by atoms with E-state index in [0.29, 0.717) is 25.3 Å². The zero-order valence-electron chi connectivity index (χ0n) is 19.2. The number of hydrogen-bond donors (Lipinski definition) is 1. The van der Waals surface area contributed by atoms with Crippen LogP contribution in [0.2, 0.25) is 0 Å². The monoisotopic (exact) mass is 426 g/mol. The molecule has 0 atom stereocenters. The normalized spacial score (nSPS) is 11.1. The number of ether oxygens (including phenoxy) is 1. The highest BCUT2D eigenvalue weighted by Gasteiger charge is 2.13. The topological polar surface area (TPSA) is 75.8 Å². The van der Waals surface area contributed by atoms with Gasteiger partial charge < -0.3 is 19.3 Å². The number of nitrogens with zero attached hydrogens (tertiary/aromatic N) is 2. The van der Waals surface area contributed by atoms with Crippen LogP contribution in [0, 0.1) is 13.8 Å². The van der Waals surface area contributed by atoms with Gasteiger partial charge in [0.15, 0.2) is 0 Å². The third-order valence-electron chi connectivity index (χ3n) is 4.27. The van der Waals surface area contributed by atoms with Gasteiger partial charge in [-0.2, -0.15) is 0 Å². The summed E-state index contributed by atoms with van der Waals surface area (Å²) in [6.07, 6.45) is 7.21. The van der Waals surface area contributed by atoms with E-state index in [0.717, 1.165) is 40.9 Å². The van der Waals surface area contributed by atoms with Crippen molar-refractivity contribution in [3.8, 4) is 5.75 Å². The minimum absolute atomic E-state index is 0.180. The Balaban J connectivity index is 0.00000233. The van der Waals surface area contributed by atoms with Crippen molar-refractivity contribution in [2.24, 2.45) is 0 Å². The van der Waals surface area contributed by atoms with Gasteiger partial charge in [-0.25, -0.2) is 0 Å². The van der Waals surface area contributed by atoms with Gasteiger partial charge >= 0.3 is 0 Å². The van der Waals surface area contributed by atoms with E-state index >= 15 is 0 Å². The number of aryl methyl sites for hydroxylation is 2. The maximum absolute atomic E-state index is 10.8. The quantitative estimate of drug-likeness (QED) is 0.161. The van der Waals surface area contributed by atoms with Gasteiger partial charge in [0, 0.05) is 37.3 Å². The Kier molecular flexibility index (Phi) is 11.5. The number of aldehydes is 1. The van der Waals surface area contributed by atoms with Crippen LogP contribution in [-0.2, 0) is 11.3 Å². The number of hydrogen-bond acceptors (Lipinski definition) is 6. The van der Waals surface area contributed by atoms with Crippen molar-refractivity contribution in [2.75, 3.05) is 13.7 Å². The first-order valence-corrected chi connectivity index (χ1v) is 10.5. The summed E-state index contributed by atoms with van der Waals surface area (Å²) in [5, 5.41) is 13.1. The van der Waals surface area contributed by atoms with E-state index in [4.69, 9.17) is 14.4 Å². The highest BCUT2D eigenvalue weighted by Crippen LogP contribution is 2.24. The van der Waals surface area contributed by atoms with Crippen molar-refractivity contribution in [2.45, 2.75) is 47.1 Å². The van der Waals surface area contributed by atoms with E-state index in [-0.39, 0.29) is 5.76 Å². The number of allylic oxidation sites excluding steroid dienone is 4. The zero-order chi connectivity index (χ0) is 23.2.